The fourth-order valence-corrected chi connectivity index (χ4v) is 3.99. The molecule has 1 aliphatic carbocycles. The Morgan fingerprint density at radius 2 is 1.93 bits per heavy atom. The van der Waals surface area contributed by atoms with Crippen LogP contribution in [0, 0.1) is 0 Å². The van der Waals surface area contributed by atoms with Gasteiger partial charge in [0.25, 0.3) is 5.91 Å². The van der Waals surface area contributed by atoms with Gasteiger partial charge in [-0.25, -0.2) is 9.37 Å². The van der Waals surface area contributed by atoms with Gasteiger partial charge in [-0.1, -0.05) is 23.2 Å². The maximum atomic E-state index is 13.6. The van der Waals surface area contributed by atoms with Gasteiger partial charge in [0, 0.05) is 18.6 Å². The molecule has 0 saturated heterocycles. The van der Waals surface area contributed by atoms with E-state index in [1.807, 2.05) is 0 Å². The molecule has 2 aromatic heterocycles. The highest BCUT2D eigenvalue weighted by Crippen LogP contribution is 2.40. The van der Waals surface area contributed by atoms with Crippen molar-refractivity contribution in [1.82, 2.24) is 15.3 Å². The third kappa shape index (κ3) is 4.84. The monoisotopic (exact) mass is 465 g/mol. The van der Waals surface area contributed by atoms with Crippen LogP contribution < -0.4 is 5.32 Å². The van der Waals surface area contributed by atoms with Crippen LogP contribution in [0.3, 0.4) is 0 Å². The van der Waals surface area contributed by atoms with E-state index >= 15 is 0 Å². The third-order valence-electron chi connectivity index (χ3n) is 5.06. The molecule has 11 heteroatoms. The van der Waals surface area contributed by atoms with Gasteiger partial charge < -0.3 is 10.4 Å². The summed E-state index contributed by atoms with van der Waals surface area (Å²) in [6.45, 7) is 0. The number of rotatable bonds is 4. The van der Waals surface area contributed by atoms with Gasteiger partial charge in [-0.2, -0.15) is 13.2 Å². The molecule has 2 aromatic rings. The Morgan fingerprint density at radius 3 is 2.53 bits per heavy atom. The van der Waals surface area contributed by atoms with E-state index in [1.54, 1.807) is 0 Å². The molecule has 3 rings (SSSR count). The zero-order chi connectivity index (χ0) is 22.1. The largest absolute Gasteiger partial charge is 0.417 e. The average Bonchev–Trinajstić information content (AvgIpc) is 2.67. The molecular formula is C19H17Cl2F4N3O2. The number of hydrogen-bond donors (Lipinski definition) is 2. The Balaban J connectivity index is 1.97. The summed E-state index contributed by atoms with van der Waals surface area (Å²) in [5.74, 6) is -1.02. The van der Waals surface area contributed by atoms with E-state index in [0.717, 1.165) is 6.20 Å². The second-order valence-electron chi connectivity index (χ2n) is 7.14. The first-order chi connectivity index (χ1) is 14.0. The lowest BCUT2D eigenvalue weighted by atomic mass is 9.76. The van der Waals surface area contributed by atoms with Crippen molar-refractivity contribution in [2.45, 2.75) is 49.7 Å². The van der Waals surface area contributed by atoms with E-state index in [2.05, 4.69) is 15.3 Å². The molecule has 0 bridgehead atoms. The van der Waals surface area contributed by atoms with Crippen molar-refractivity contribution >= 4 is 29.1 Å². The summed E-state index contributed by atoms with van der Waals surface area (Å²) in [7, 11) is 0. The van der Waals surface area contributed by atoms with Crippen molar-refractivity contribution in [3.05, 3.63) is 57.6 Å². The maximum Gasteiger partial charge on any atom is 0.417 e. The summed E-state index contributed by atoms with van der Waals surface area (Å²) in [6, 6.07) is 1.00. The van der Waals surface area contributed by atoms with Crippen LogP contribution in [0.2, 0.25) is 10.0 Å². The van der Waals surface area contributed by atoms with Gasteiger partial charge in [-0.3, -0.25) is 9.78 Å². The number of halogens is 6. The number of nitrogens with zero attached hydrogens (tertiary/aromatic N) is 2. The number of alkyl halides is 4. The van der Waals surface area contributed by atoms with Crippen LogP contribution in [0.5, 0.6) is 0 Å². The van der Waals surface area contributed by atoms with Crippen LogP contribution in [0.4, 0.5) is 17.6 Å². The average molecular weight is 466 g/mol. The molecule has 1 aliphatic rings. The molecule has 0 spiro atoms. The van der Waals surface area contributed by atoms with E-state index in [4.69, 9.17) is 23.2 Å². The lowest BCUT2D eigenvalue weighted by molar-refractivity contribution is -0.137. The number of hydrogen-bond acceptors (Lipinski definition) is 4. The molecule has 1 atom stereocenters. The fourth-order valence-electron chi connectivity index (χ4n) is 3.51. The summed E-state index contributed by atoms with van der Waals surface area (Å²) in [5, 5.41) is 13.0. The first kappa shape index (κ1) is 22.7. The van der Waals surface area contributed by atoms with Crippen LogP contribution in [0.1, 0.15) is 53.3 Å². The Morgan fingerprint density at radius 1 is 1.27 bits per heavy atom. The number of aliphatic hydroxyl groups is 1. The molecule has 162 valence electrons. The standard InChI is InChI=1S/C19H17Cl2F4N3O2/c20-11-7-10(8-26-9-11)16(18(30)4-1-12(22)2-5-18)28-17(29)15-14(21)13(3-6-27-15)19(23,24)25/h3,6-9,12,16,30H,1-2,4-5H2,(H,28,29)/t12-,16?,18-. The summed E-state index contributed by atoms with van der Waals surface area (Å²) in [4.78, 5) is 20.4. The molecular weight excluding hydrogens is 449 g/mol. The van der Waals surface area contributed by atoms with Gasteiger partial charge in [0.1, 0.15) is 11.9 Å². The molecule has 0 aromatic carbocycles. The predicted octanol–water partition coefficient (Wildman–Crippen LogP) is 4.92. The minimum Gasteiger partial charge on any atom is -0.387 e. The third-order valence-corrected chi connectivity index (χ3v) is 5.65. The summed E-state index contributed by atoms with van der Waals surface area (Å²) in [6.07, 6.45) is -2.15. The number of pyridine rings is 2. The molecule has 1 fully saturated rings. The molecule has 2 heterocycles. The zero-order valence-corrected chi connectivity index (χ0v) is 16.9. The molecule has 5 nitrogen and oxygen atoms in total. The van der Waals surface area contributed by atoms with E-state index in [9.17, 15) is 27.5 Å². The number of carbonyl (C=O) groups is 1. The van der Waals surface area contributed by atoms with Gasteiger partial charge in [-0.15, -0.1) is 0 Å². The van der Waals surface area contributed by atoms with Crippen LogP contribution >= 0.6 is 23.2 Å². The first-order valence-electron chi connectivity index (χ1n) is 9.01. The predicted molar refractivity (Wildman–Crippen MR) is 102 cm³/mol. The molecule has 1 unspecified atom stereocenters. The molecule has 1 amide bonds. The Kier molecular flexibility index (Phi) is 6.54. The lowest BCUT2D eigenvalue weighted by Crippen LogP contribution is -2.48. The smallest absolute Gasteiger partial charge is 0.387 e. The van der Waals surface area contributed by atoms with E-state index in [0.29, 0.717) is 11.6 Å². The van der Waals surface area contributed by atoms with Crippen molar-refractivity contribution < 1.29 is 27.5 Å². The summed E-state index contributed by atoms with van der Waals surface area (Å²) < 4.78 is 53.0. The number of carbonyl (C=O) groups excluding carboxylic acids is 1. The highest BCUT2D eigenvalue weighted by Gasteiger charge is 2.43. The molecule has 1 saturated carbocycles. The Bertz CT molecular complexity index is 934. The van der Waals surface area contributed by atoms with Crippen LogP contribution in [0.15, 0.2) is 30.7 Å². The topological polar surface area (TPSA) is 75.1 Å². The first-order valence-corrected chi connectivity index (χ1v) is 9.76. The van der Waals surface area contributed by atoms with Crippen molar-refractivity contribution in [3.63, 3.8) is 0 Å². The summed E-state index contributed by atoms with van der Waals surface area (Å²) in [5.41, 5.74) is -3.09. The van der Waals surface area contributed by atoms with Crippen LogP contribution in [0.25, 0.3) is 0 Å². The number of amides is 1. The SMILES string of the molecule is O=C(NC(c1cncc(Cl)c1)[C@]1(O)CC[C@H](F)CC1)c1nccc(C(F)(F)F)c1Cl. The van der Waals surface area contributed by atoms with Gasteiger partial charge in [0.15, 0.2) is 0 Å². The van der Waals surface area contributed by atoms with Gasteiger partial charge >= 0.3 is 6.18 Å². The minimum absolute atomic E-state index is 0.0232. The zero-order valence-electron chi connectivity index (χ0n) is 15.4. The molecule has 0 aliphatic heterocycles. The Labute approximate surface area is 179 Å². The molecule has 0 radical (unpaired) electrons. The number of aromatic nitrogens is 2. The van der Waals surface area contributed by atoms with Gasteiger partial charge in [0.2, 0.25) is 0 Å². The Hall–Kier alpha value is -1.97. The number of nitrogens with one attached hydrogen (secondary N) is 1. The molecule has 2 N–H and O–H groups in total. The van der Waals surface area contributed by atoms with Crippen molar-refractivity contribution in [2.24, 2.45) is 0 Å². The van der Waals surface area contributed by atoms with Crippen LogP contribution in [-0.2, 0) is 6.18 Å². The van der Waals surface area contributed by atoms with Crippen LogP contribution in [-0.4, -0.2) is 32.8 Å². The highest BCUT2D eigenvalue weighted by atomic mass is 35.5. The quantitative estimate of drug-likeness (QED) is 0.628. The highest BCUT2D eigenvalue weighted by molar-refractivity contribution is 6.34. The van der Waals surface area contributed by atoms with E-state index in [-0.39, 0.29) is 30.7 Å². The fraction of sp³-hybridized carbons (Fsp3) is 0.421. The van der Waals surface area contributed by atoms with Crippen molar-refractivity contribution in [3.8, 4) is 0 Å². The van der Waals surface area contributed by atoms with E-state index in [1.165, 1.54) is 18.5 Å². The summed E-state index contributed by atoms with van der Waals surface area (Å²) >= 11 is 11.8. The second-order valence-corrected chi connectivity index (χ2v) is 7.95. The van der Waals surface area contributed by atoms with E-state index < -0.39 is 46.2 Å². The van der Waals surface area contributed by atoms with Crippen molar-refractivity contribution in [1.29, 1.82) is 0 Å². The van der Waals surface area contributed by atoms with Gasteiger partial charge in [-0.05, 0) is 43.4 Å². The minimum atomic E-state index is -4.77. The van der Waals surface area contributed by atoms with Gasteiger partial charge in [0.05, 0.1) is 27.3 Å². The normalized spacial score (nSPS) is 23.1. The lowest BCUT2D eigenvalue weighted by Gasteiger charge is -2.40. The second kappa shape index (κ2) is 8.64. The maximum absolute atomic E-state index is 13.6. The molecule has 30 heavy (non-hydrogen) atoms. The van der Waals surface area contributed by atoms with Crippen molar-refractivity contribution in [2.75, 3.05) is 0 Å².